The highest BCUT2D eigenvalue weighted by atomic mass is 16.2. The van der Waals surface area contributed by atoms with Crippen LogP contribution in [0.25, 0.3) is 11.3 Å². The van der Waals surface area contributed by atoms with Gasteiger partial charge in [-0.2, -0.15) is 5.10 Å². The minimum atomic E-state index is -0.292. The third kappa shape index (κ3) is 4.31. The van der Waals surface area contributed by atoms with E-state index in [0.29, 0.717) is 5.69 Å². The van der Waals surface area contributed by atoms with Gasteiger partial charge in [-0.3, -0.25) is 9.59 Å². The molecule has 5 heteroatoms. The van der Waals surface area contributed by atoms with Crippen LogP contribution in [0.5, 0.6) is 0 Å². The maximum absolute atomic E-state index is 12.7. The summed E-state index contributed by atoms with van der Waals surface area (Å²) in [5, 5.41) is 4.38. The molecule has 0 saturated carbocycles. The summed E-state index contributed by atoms with van der Waals surface area (Å²) in [4.78, 5) is 26.5. The van der Waals surface area contributed by atoms with E-state index in [1.165, 1.54) is 10.7 Å². The standard InChI is InChI=1S/C22H23N3O2/c1-16-9-11-19(12-10-16)20-13-14-21(26)25(23-20)15-22(27)24(3)17(2)18-7-5-4-6-8-18/h4-14,17H,15H2,1-3H3/t17-/m0/s1. The first-order valence-corrected chi connectivity index (χ1v) is 8.91. The topological polar surface area (TPSA) is 55.2 Å². The summed E-state index contributed by atoms with van der Waals surface area (Å²) in [5.74, 6) is -0.165. The Morgan fingerprint density at radius 1 is 1.04 bits per heavy atom. The van der Waals surface area contributed by atoms with Crippen molar-refractivity contribution in [1.29, 1.82) is 0 Å². The average molecular weight is 361 g/mol. The summed E-state index contributed by atoms with van der Waals surface area (Å²) in [6, 6.07) is 20.7. The van der Waals surface area contributed by atoms with Gasteiger partial charge >= 0.3 is 0 Å². The molecule has 0 N–H and O–H groups in total. The van der Waals surface area contributed by atoms with Crippen molar-refractivity contribution in [2.45, 2.75) is 26.4 Å². The number of carbonyl (C=O) groups excluding carboxylic acids is 1. The smallest absolute Gasteiger partial charge is 0.267 e. The summed E-state index contributed by atoms with van der Waals surface area (Å²) < 4.78 is 1.23. The molecule has 0 fully saturated rings. The number of aryl methyl sites for hydroxylation is 1. The maximum atomic E-state index is 12.7. The van der Waals surface area contributed by atoms with Crippen molar-refractivity contribution in [2.75, 3.05) is 7.05 Å². The molecule has 2 aromatic carbocycles. The largest absolute Gasteiger partial charge is 0.337 e. The fraction of sp³-hybridized carbons (Fsp3) is 0.227. The zero-order valence-corrected chi connectivity index (χ0v) is 15.8. The zero-order chi connectivity index (χ0) is 19.4. The number of nitrogens with zero attached hydrogens (tertiary/aromatic N) is 3. The van der Waals surface area contributed by atoms with Crippen LogP contribution in [-0.4, -0.2) is 27.6 Å². The highest BCUT2D eigenvalue weighted by Gasteiger charge is 2.18. The molecular weight excluding hydrogens is 338 g/mol. The molecule has 0 unspecified atom stereocenters. The number of hydrogen-bond donors (Lipinski definition) is 0. The van der Waals surface area contributed by atoms with Gasteiger partial charge in [-0.1, -0.05) is 60.2 Å². The molecule has 0 aliphatic heterocycles. The number of amides is 1. The Kier molecular flexibility index (Phi) is 5.50. The van der Waals surface area contributed by atoms with Gasteiger partial charge in [-0.15, -0.1) is 0 Å². The van der Waals surface area contributed by atoms with Gasteiger partial charge in [0.2, 0.25) is 5.91 Å². The maximum Gasteiger partial charge on any atom is 0.267 e. The van der Waals surface area contributed by atoms with Gasteiger partial charge < -0.3 is 4.90 Å². The van der Waals surface area contributed by atoms with Crippen molar-refractivity contribution >= 4 is 5.91 Å². The Morgan fingerprint density at radius 3 is 2.37 bits per heavy atom. The fourth-order valence-electron chi connectivity index (χ4n) is 2.85. The number of aromatic nitrogens is 2. The van der Waals surface area contributed by atoms with Crippen LogP contribution in [0.1, 0.15) is 24.1 Å². The van der Waals surface area contributed by atoms with E-state index in [1.54, 1.807) is 18.0 Å². The lowest BCUT2D eigenvalue weighted by Crippen LogP contribution is -2.36. The minimum absolute atomic E-state index is 0.0883. The van der Waals surface area contributed by atoms with Crippen molar-refractivity contribution in [3.63, 3.8) is 0 Å². The molecule has 3 aromatic rings. The lowest BCUT2D eigenvalue weighted by molar-refractivity contribution is -0.132. The van der Waals surface area contributed by atoms with Crippen molar-refractivity contribution in [3.05, 3.63) is 88.2 Å². The molecule has 0 aliphatic rings. The third-order valence-electron chi connectivity index (χ3n) is 4.76. The van der Waals surface area contributed by atoms with Crippen molar-refractivity contribution in [1.82, 2.24) is 14.7 Å². The first-order valence-electron chi connectivity index (χ1n) is 8.91. The van der Waals surface area contributed by atoms with E-state index < -0.39 is 0 Å². The Morgan fingerprint density at radius 2 is 1.70 bits per heavy atom. The van der Waals surface area contributed by atoms with Crippen LogP contribution in [-0.2, 0) is 11.3 Å². The van der Waals surface area contributed by atoms with E-state index in [1.807, 2.05) is 68.4 Å². The molecule has 1 atom stereocenters. The average Bonchev–Trinajstić information content (AvgIpc) is 2.69. The molecule has 0 radical (unpaired) electrons. The Balaban J connectivity index is 1.80. The van der Waals surface area contributed by atoms with E-state index in [9.17, 15) is 9.59 Å². The van der Waals surface area contributed by atoms with E-state index in [4.69, 9.17) is 0 Å². The number of benzene rings is 2. The summed E-state index contributed by atoms with van der Waals surface area (Å²) in [7, 11) is 1.74. The second-order valence-electron chi connectivity index (χ2n) is 6.67. The van der Waals surface area contributed by atoms with Crippen LogP contribution in [0.15, 0.2) is 71.5 Å². The van der Waals surface area contributed by atoms with Crippen molar-refractivity contribution in [2.24, 2.45) is 0 Å². The number of rotatable bonds is 5. The zero-order valence-electron chi connectivity index (χ0n) is 15.8. The van der Waals surface area contributed by atoms with Gasteiger partial charge in [-0.25, -0.2) is 4.68 Å². The predicted molar refractivity (Wildman–Crippen MR) is 106 cm³/mol. The van der Waals surface area contributed by atoms with Crippen molar-refractivity contribution in [3.8, 4) is 11.3 Å². The van der Waals surface area contributed by atoms with Crippen LogP contribution in [0.3, 0.4) is 0 Å². The third-order valence-corrected chi connectivity index (χ3v) is 4.76. The monoisotopic (exact) mass is 361 g/mol. The Bertz CT molecular complexity index is 978. The summed E-state index contributed by atoms with van der Waals surface area (Å²) in [5.41, 5.74) is 3.48. The van der Waals surface area contributed by atoms with E-state index in [0.717, 1.165) is 16.7 Å². The first-order chi connectivity index (χ1) is 13.0. The van der Waals surface area contributed by atoms with Crippen molar-refractivity contribution < 1.29 is 4.79 Å². The molecule has 0 bridgehead atoms. The first kappa shape index (κ1) is 18.6. The molecule has 1 amide bonds. The highest BCUT2D eigenvalue weighted by Crippen LogP contribution is 2.19. The summed E-state index contributed by atoms with van der Waals surface area (Å²) in [6.07, 6.45) is 0. The highest BCUT2D eigenvalue weighted by molar-refractivity contribution is 5.76. The van der Waals surface area contributed by atoms with Gasteiger partial charge in [0.1, 0.15) is 6.54 Å². The molecule has 3 rings (SSSR count). The lowest BCUT2D eigenvalue weighted by Gasteiger charge is -2.25. The molecule has 138 valence electrons. The second kappa shape index (κ2) is 7.99. The molecule has 27 heavy (non-hydrogen) atoms. The Hall–Kier alpha value is -3.21. The summed E-state index contributed by atoms with van der Waals surface area (Å²) >= 11 is 0. The second-order valence-corrected chi connectivity index (χ2v) is 6.67. The molecule has 0 saturated heterocycles. The van der Waals surface area contributed by atoms with Crippen LogP contribution in [0.4, 0.5) is 0 Å². The van der Waals surface area contributed by atoms with Gasteiger partial charge in [0.05, 0.1) is 11.7 Å². The molecule has 1 aromatic heterocycles. The van der Waals surface area contributed by atoms with Gasteiger partial charge in [0.15, 0.2) is 0 Å². The fourth-order valence-corrected chi connectivity index (χ4v) is 2.85. The van der Waals surface area contributed by atoms with Gasteiger partial charge in [0, 0.05) is 18.7 Å². The van der Waals surface area contributed by atoms with E-state index in [-0.39, 0.29) is 24.1 Å². The quantitative estimate of drug-likeness (QED) is 0.699. The minimum Gasteiger partial charge on any atom is -0.337 e. The summed E-state index contributed by atoms with van der Waals surface area (Å²) in [6.45, 7) is 3.89. The van der Waals surface area contributed by atoms with E-state index in [2.05, 4.69) is 5.10 Å². The number of carbonyl (C=O) groups is 1. The number of hydrogen-bond acceptors (Lipinski definition) is 3. The molecule has 1 heterocycles. The normalized spacial score (nSPS) is 11.8. The number of likely N-dealkylation sites (N-methyl/N-ethyl adjacent to an activating group) is 1. The van der Waals surface area contributed by atoms with Crippen LogP contribution >= 0.6 is 0 Å². The van der Waals surface area contributed by atoms with Crippen LogP contribution < -0.4 is 5.56 Å². The molecular formula is C22H23N3O2. The molecule has 0 spiro atoms. The molecule has 5 nitrogen and oxygen atoms in total. The SMILES string of the molecule is Cc1ccc(-c2ccc(=O)n(CC(=O)N(C)[C@@H](C)c3ccccc3)n2)cc1. The van der Waals surface area contributed by atoms with Gasteiger partial charge in [0.25, 0.3) is 5.56 Å². The van der Waals surface area contributed by atoms with E-state index >= 15 is 0 Å². The van der Waals surface area contributed by atoms with Crippen LogP contribution in [0.2, 0.25) is 0 Å². The molecule has 0 aliphatic carbocycles. The van der Waals surface area contributed by atoms with Gasteiger partial charge in [-0.05, 0) is 25.5 Å². The lowest BCUT2D eigenvalue weighted by atomic mass is 10.1. The Labute approximate surface area is 158 Å². The predicted octanol–water partition coefficient (Wildman–Crippen LogP) is 3.44. The van der Waals surface area contributed by atoms with Crippen LogP contribution in [0, 0.1) is 6.92 Å².